The molecule has 1 unspecified atom stereocenters. The van der Waals surface area contributed by atoms with Crippen LogP contribution in [-0.4, -0.2) is 44.3 Å². The van der Waals surface area contributed by atoms with Crippen molar-refractivity contribution in [3.63, 3.8) is 0 Å². The minimum Gasteiger partial charge on any atom is -0.354 e. The molecule has 7 nitrogen and oxygen atoms in total. The van der Waals surface area contributed by atoms with Crippen molar-refractivity contribution in [2.75, 3.05) is 17.4 Å². The van der Waals surface area contributed by atoms with Gasteiger partial charge in [-0.3, -0.25) is 13.9 Å². The Morgan fingerprint density at radius 2 is 1.68 bits per heavy atom. The van der Waals surface area contributed by atoms with Gasteiger partial charge in [-0.15, -0.1) is 0 Å². The molecule has 0 fully saturated rings. The van der Waals surface area contributed by atoms with E-state index in [2.05, 4.69) is 5.32 Å². The number of nitrogens with zero attached hydrogens (tertiary/aromatic N) is 2. The third kappa shape index (κ3) is 7.11. The fraction of sp³-hybridized carbons (Fsp3) is 0.286. The highest BCUT2D eigenvalue weighted by Gasteiger charge is 2.32. The highest BCUT2D eigenvalue weighted by Crippen LogP contribution is 2.28. The molecule has 202 valence electrons. The SMILES string of the molecule is CCCNC(=O)C(C)N(Cc1ccc(C)cc1)C(=O)CN(c1ccc(F)c(Cl)c1)S(=O)(=O)c1ccccc1. The summed E-state index contributed by atoms with van der Waals surface area (Å²) >= 11 is 5.97. The van der Waals surface area contributed by atoms with E-state index in [1.165, 1.54) is 23.1 Å². The van der Waals surface area contributed by atoms with Crippen molar-refractivity contribution < 1.29 is 22.4 Å². The van der Waals surface area contributed by atoms with Crippen LogP contribution in [0.2, 0.25) is 5.02 Å². The predicted octanol–water partition coefficient (Wildman–Crippen LogP) is 4.93. The summed E-state index contributed by atoms with van der Waals surface area (Å²) in [7, 11) is -4.25. The minimum absolute atomic E-state index is 0.0203. The lowest BCUT2D eigenvalue weighted by molar-refractivity contribution is -0.139. The molecule has 1 atom stereocenters. The molecule has 2 amide bonds. The molecule has 0 saturated carbocycles. The fourth-order valence-corrected chi connectivity index (χ4v) is 5.36. The summed E-state index contributed by atoms with van der Waals surface area (Å²) in [4.78, 5) is 27.9. The number of rotatable bonds is 11. The Balaban J connectivity index is 2.02. The summed E-state index contributed by atoms with van der Waals surface area (Å²) < 4.78 is 42.1. The molecule has 0 spiro atoms. The molecule has 0 aliphatic rings. The third-order valence-electron chi connectivity index (χ3n) is 5.99. The second-order valence-corrected chi connectivity index (χ2v) is 11.2. The van der Waals surface area contributed by atoms with Crippen molar-refractivity contribution in [1.29, 1.82) is 0 Å². The zero-order valence-corrected chi connectivity index (χ0v) is 23.1. The maximum absolute atomic E-state index is 13.9. The topological polar surface area (TPSA) is 86.8 Å². The number of carbonyl (C=O) groups excluding carboxylic acids is 2. The number of anilines is 1. The Labute approximate surface area is 228 Å². The zero-order valence-electron chi connectivity index (χ0n) is 21.5. The molecule has 3 aromatic rings. The molecule has 0 aliphatic heterocycles. The van der Waals surface area contributed by atoms with Crippen LogP contribution in [0.25, 0.3) is 0 Å². The smallest absolute Gasteiger partial charge is 0.264 e. The van der Waals surface area contributed by atoms with Gasteiger partial charge in [0.25, 0.3) is 10.0 Å². The van der Waals surface area contributed by atoms with E-state index < -0.39 is 34.3 Å². The number of aryl methyl sites for hydroxylation is 1. The molecule has 0 radical (unpaired) electrons. The van der Waals surface area contributed by atoms with E-state index in [1.54, 1.807) is 25.1 Å². The van der Waals surface area contributed by atoms with Crippen LogP contribution in [0.5, 0.6) is 0 Å². The number of benzene rings is 3. The quantitative estimate of drug-likeness (QED) is 0.361. The summed E-state index contributed by atoms with van der Waals surface area (Å²) in [6, 6.07) is 17.7. The number of nitrogens with one attached hydrogen (secondary N) is 1. The molecule has 0 saturated heterocycles. The van der Waals surface area contributed by atoms with Crippen LogP contribution in [-0.2, 0) is 26.2 Å². The molecular weight excluding hydrogens is 529 g/mol. The van der Waals surface area contributed by atoms with Crippen molar-refractivity contribution in [2.24, 2.45) is 0 Å². The molecular formula is C28H31ClFN3O4S. The Bertz CT molecular complexity index is 1370. The average Bonchev–Trinajstić information content (AvgIpc) is 2.91. The lowest BCUT2D eigenvalue weighted by Gasteiger charge is -2.32. The minimum atomic E-state index is -4.25. The first-order valence-corrected chi connectivity index (χ1v) is 14.0. The highest BCUT2D eigenvalue weighted by atomic mass is 35.5. The van der Waals surface area contributed by atoms with Gasteiger partial charge in [-0.1, -0.05) is 66.6 Å². The van der Waals surface area contributed by atoms with Crippen LogP contribution in [0.1, 0.15) is 31.4 Å². The van der Waals surface area contributed by atoms with E-state index in [9.17, 15) is 22.4 Å². The van der Waals surface area contributed by atoms with Gasteiger partial charge in [0.15, 0.2) is 0 Å². The maximum atomic E-state index is 13.9. The van der Waals surface area contributed by atoms with Gasteiger partial charge in [0.1, 0.15) is 18.4 Å². The molecule has 3 aromatic carbocycles. The van der Waals surface area contributed by atoms with E-state index in [4.69, 9.17) is 11.6 Å². The number of hydrogen-bond donors (Lipinski definition) is 1. The Morgan fingerprint density at radius 3 is 2.29 bits per heavy atom. The van der Waals surface area contributed by atoms with Gasteiger partial charge in [0, 0.05) is 13.1 Å². The fourth-order valence-electron chi connectivity index (χ4n) is 3.76. The lowest BCUT2D eigenvalue weighted by atomic mass is 10.1. The van der Waals surface area contributed by atoms with Crippen LogP contribution < -0.4 is 9.62 Å². The maximum Gasteiger partial charge on any atom is 0.264 e. The van der Waals surface area contributed by atoms with E-state index in [-0.39, 0.29) is 28.1 Å². The predicted molar refractivity (Wildman–Crippen MR) is 147 cm³/mol. The van der Waals surface area contributed by atoms with Gasteiger partial charge >= 0.3 is 0 Å². The van der Waals surface area contributed by atoms with Crippen LogP contribution >= 0.6 is 11.6 Å². The zero-order chi connectivity index (χ0) is 27.9. The third-order valence-corrected chi connectivity index (χ3v) is 8.07. The van der Waals surface area contributed by atoms with Gasteiger partial charge < -0.3 is 10.2 Å². The summed E-state index contributed by atoms with van der Waals surface area (Å²) in [5.74, 6) is -1.68. The highest BCUT2D eigenvalue weighted by molar-refractivity contribution is 7.92. The summed E-state index contributed by atoms with van der Waals surface area (Å²) in [5.41, 5.74) is 1.84. The molecule has 1 N–H and O–H groups in total. The first kappa shape index (κ1) is 29.1. The molecule has 0 aliphatic carbocycles. The van der Waals surface area contributed by atoms with Gasteiger partial charge in [0.2, 0.25) is 11.8 Å². The summed E-state index contributed by atoms with van der Waals surface area (Å²) in [6.45, 7) is 5.36. The van der Waals surface area contributed by atoms with Gasteiger partial charge in [-0.2, -0.15) is 0 Å². The van der Waals surface area contributed by atoms with Crippen molar-refractivity contribution in [1.82, 2.24) is 10.2 Å². The Kier molecular flexibility index (Phi) is 9.88. The first-order chi connectivity index (χ1) is 18.0. The number of carbonyl (C=O) groups is 2. The average molecular weight is 560 g/mol. The van der Waals surface area contributed by atoms with Crippen molar-refractivity contribution >= 4 is 39.1 Å². The molecule has 10 heteroatoms. The summed E-state index contributed by atoms with van der Waals surface area (Å²) in [6.07, 6.45) is 0.721. The van der Waals surface area contributed by atoms with Gasteiger partial charge in [-0.05, 0) is 56.2 Å². The van der Waals surface area contributed by atoms with E-state index in [0.29, 0.717) is 6.54 Å². The standard InChI is InChI=1S/C28H31ClFN3O4S/c1-4-16-31-28(35)21(3)32(18-22-12-10-20(2)11-13-22)27(34)19-33(23-14-15-26(30)25(29)17-23)38(36,37)24-8-6-5-7-9-24/h5-15,17,21H,4,16,18-19H2,1-3H3,(H,31,35). The normalized spacial score (nSPS) is 12.0. The van der Waals surface area contributed by atoms with Crippen LogP contribution in [0.3, 0.4) is 0 Å². The molecule has 0 heterocycles. The number of amides is 2. The monoisotopic (exact) mass is 559 g/mol. The second kappa shape index (κ2) is 12.9. The molecule has 38 heavy (non-hydrogen) atoms. The largest absolute Gasteiger partial charge is 0.354 e. The number of sulfonamides is 1. The molecule has 0 aromatic heterocycles. The van der Waals surface area contributed by atoms with Crippen molar-refractivity contribution in [2.45, 2.75) is 44.7 Å². The van der Waals surface area contributed by atoms with Gasteiger partial charge in [-0.25, -0.2) is 12.8 Å². The van der Waals surface area contributed by atoms with Crippen molar-refractivity contribution in [3.05, 3.63) is 94.8 Å². The molecule has 3 rings (SSSR count). The van der Waals surface area contributed by atoms with Crippen LogP contribution in [0.4, 0.5) is 10.1 Å². The van der Waals surface area contributed by atoms with E-state index in [1.807, 2.05) is 38.1 Å². The van der Waals surface area contributed by atoms with Crippen LogP contribution in [0.15, 0.2) is 77.7 Å². The Morgan fingerprint density at radius 1 is 1.03 bits per heavy atom. The number of halogens is 2. The van der Waals surface area contributed by atoms with E-state index >= 15 is 0 Å². The van der Waals surface area contributed by atoms with E-state index in [0.717, 1.165) is 34.0 Å². The second-order valence-electron chi connectivity index (χ2n) is 8.90. The first-order valence-electron chi connectivity index (χ1n) is 12.2. The van der Waals surface area contributed by atoms with Crippen molar-refractivity contribution in [3.8, 4) is 0 Å². The summed E-state index contributed by atoms with van der Waals surface area (Å²) in [5, 5.41) is 2.51. The van der Waals surface area contributed by atoms with Crippen LogP contribution in [0, 0.1) is 12.7 Å². The number of hydrogen-bond acceptors (Lipinski definition) is 4. The molecule has 0 bridgehead atoms. The van der Waals surface area contributed by atoms with Gasteiger partial charge in [0.05, 0.1) is 15.6 Å². The Hall–Kier alpha value is -3.43. The lowest BCUT2D eigenvalue weighted by Crippen LogP contribution is -2.51.